The van der Waals surface area contributed by atoms with Crippen LogP contribution in [0, 0.1) is 29.1 Å². The molecular weight excluding hydrogens is 345 g/mol. The van der Waals surface area contributed by atoms with Crippen molar-refractivity contribution in [1.29, 1.82) is 5.26 Å². The molecule has 1 aromatic heterocycles. The minimum absolute atomic E-state index is 0.239. The highest BCUT2D eigenvalue weighted by atomic mass is 19.1. The molecule has 1 aliphatic carbocycles. The Labute approximate surface area is 158 Å². The number of aromatic hydroxyl groups is 1. The van der Waals surface area contributed by atoms with Crippen LogP contribution in [-0.2, 0) is 6.42 Å². The number of benzene rings is 1. The number of hydrogen-bond donors (Lipinski definition) is 1. The van der Waals surface area contributed by atoms with Gasteiger partial charge in [-0.25, -0.2) is 4.98 Å². The quantitative estimate of drug-likeness (QED) is 0.823. The van der Waals surface area contributed by atoms with Gasteiger partial charge in [-0.1, -0.05) is 0 Å². The molecule has 1 aromatic carbocycles. The Kier molecular flexibility index (Phi) is 4.95. The van der Waals surface area contributed by atoms with Crippen LogP contribution < -0.4 is 4.74 Å². The Morgan fingerprint density at radius 3 is 2.48 bits per heavy atom. The maximum atomic E-state index is 13.3. The van der Waals surface area contributed by atoms with E-state index in [0.29, 0.717) is 29.5 Å². The molecular formula is C21H22FN3O2. The smallest absolute Gasteiger partial charge is 0.255 e. The van der Waals surface area contributed by atoms with Gasteiger partial charge in [-0.2, -0.15) is 9.65 Å². The number of halogens is 1. The Bertz CT molecular complexity index is 835. The molecule has 140 valence electrons. The zero-order valence-electron chi connectivity index (χ0n) is 15.0. The van der Waals surface area contributed by atoms with Crippen molar-refractivity contribution in [2.24, 2.45) is 11.8 Å². The lowest BCUT2D eigenvalue weighted by Crippen LogP contribution is -2.26. The minimum atomic E-state index is -0.798. The largest absolute Gasteiger partial charge is 0.504 e. The second-order valence-corrected chi connectivity index (χ2v) is 7.49. The number of likely N-dealkylation sites (tertiary alicyclic amines) is 1. The minimum Gasteiger partial charge on any atom is -0.504 e. The van der Waals surface area contributed by atoms with E-state index >= 15 is 0 Å². The Hall–Kier alpha value is -2.65. The molecule has 0 bridgehead atoms. The third-order valence-corrected chi connectivity index (χ3v) is 5.64. The molecule has 2 heterocycles. The zero-order chi connectivity index (χ0) is 18.8. The molecule has 0 spiro atoms. The average molecular weight is 367 g/mol. The molecule has 0 amide bonds. The molecule has 4 rings (SSSR count). The summed E-state index contributed by atoms with van der Waals surface area (Å²) < 4.78 is 19.4. The van der Waals surface area contributed by atoms with E-state index in [1.807, 2.05) is 12.1 Å². The second-order valence-electron chi connectivity index (χ2n) is 7.49. The van der Waals surface area contributed by atoms with Crippen LogP contribution in [-0.4, -0.2) is 40.7 Å². The van der Waals surface area contributed by atoms with Gasteiger partial charge in [0.1, 0.15) is 5.75 Å². The predicted molar refractivity (Wildman–Crippen MR) is 97.8 cm³/mol. The first-order valence-electron chi connectivity index (χ1n) is 9.34. The fourth-order valence-electron chi connectivity index (χ4n) is 4.30. The van der Waals surface area contributed by atoms with E-state index in [-0.39, 0.29) is 6.10 Å². The van der Waals surface area contributed by atoms with Crippen LogP contribution in [0.3, 0.4) is 0 Å². The lowest BCUT2D eigenvalue weighted by molar-refractivity contribution is 0.186. The van der Waals surface area contributed by atoms with Gasteiger partial charge < -0.3 is 14.7 Å². The van der Waals surface area contributed by atoms with Gasteiger partial charge in [0.25, 0.3) is 5.95 Å². The number of pyridine rings is 1. The highest BCUT2D eigenvalue weighted by Crippen LogP contribution is 2.39. The predicted octanol–water partition coefficient (Wildman–Crippen LogP) is 3.13. The van der Waals surface area contributed by atoms with Gasteiger partial charge in [0.05, 0.1) is 17.7 Å². The molecule has 2 aromatic rings. The van der Waals surface area contributed by atoms with Crippen molar-refractivity contribution in [3.05, 3.63) is 53.6 Å². The maximum Gasteiger partial charge on any atom is 0.255 e. The van der Waals surface area contributed by atoms with Crippen molar-refractivity contribution in [1.82, 2.24) is 9.88 Å². The molecule has 5 nitrogen and oxygen atoms in total. The number of nitriles is 1. The van der Waals surface area contributed by atoms with Gasteiger partial charge in [0.2, 0.25) is 0 Å². The van der Waals surface area contributed by atoms with Crippen molar-refractivity contribution in [3.63, 3.8) is 0 Å². The van der Waals surface area contributed by atoms with Crippen LogP contribution in [0.1, 0.15) is 24.1 Å². The number of ether oxygens (including phenoxy) is 1. The molecule has 3 atom stereocenters. The standard InChI is InChI=1S/C21H22FN3O2/c22-21-20(26)6-3-17(24-21)7-8-25-12-15-9-19(10-16(15)13-25)27-18-4-1-14(11-23)2-5-18/h1-6,15-16,19,26H,7-10,12-13H2/t15-,16+,19+. The molecule has 27 heavy (non-hydrogen) atoms. The van der Waals surface area contributed by atoms with Crippen LogP contribution >= 0.6 is 0 Å². The SMILES string of the molecule is N#Cc1ccc(O[C@H]2C[C@@H]3CN(CCc4ccc(O)c(F)n4)C[C@@H]3C2)cc1. The lowest BCUT2D eigenvalue weighted by atomic mass is 10.0. The highest BCUT2D eigenvalue weighted by Gasteiger charge is 2.41. The first kappa shape index (κ1) is 17.7. The highest BCUT2D eigenvalue weighted by molar-refractivity contribution is 5.34. The molecule has 2 fully saturated rings. The Morgan fingerprint density at radius 2 is 1.85 bits per heavy atom. The summed E-state index contributed by atoms with van der Waals surface area (Å²) in [4.78, 5) is 6.21. The molecule has 1 N–H and O–H groups in total. The fraction of sp³-hybridized carbons (Fsp3) is 0.429. The van der Waals surface area contributed by atoms with E-state index in [1.54, 1.807) is 18.2 Å². The number of aromatic nitrogens is 1. The van der Waals surface area contributed by atoms with Gasteiger partial charge in [-0.05, 0) is 61.1 Å². The van der Waals surface area contributed by atoms with Crippen molar-refractivity contribution < 1.29 is 14.2 Å². The van der Waals surface area contributed by atoms with Gasteiger partial charge in [-0.15, -0.1) is 0 Å². The topological polar surface area (TPSA) is 69.4 Å². The summed E-state index contributed by atoms with van der Waals surface area (Å²) in [7, 11) is 0. The van der Waals surface area contributed by atoms with E-state index in [0.717, 1.165) is 38.2 Å². The average Bonchev–Trinajstić information content (AvgIpc) is 3.21. The van der Waals surface area contributed by atoms with Crippen molar-refractivity contribution in [3.8, 4) is 17.6 Å². The third kappa shape index (κ3) is 4.04. The summed E-state index contributed by atoms with van der Waals surface area (Å²) in [6.45, 7) is 2.93. The molecule has 1 saturated carbocycles. The van der Waals surface area contributed by atoms with E-state index in [4.69, 9.17) is 10.00 Å². The Morgan fingerprint density at radius 1 is 1.15 bits per heavy atom. The molecule has 2 aliphatic rings. The molecule has 1 saturated heterocycles. The van der Waals surface area contributed by atoms with Gasteiger partial charge in [-0.3, -0.25) is 0 Å². The fourth-order valence-corrected chi connectivity index (χ4v) is 4.30. The van der Waals surface area contributed by atoms with E-state index in [9.17, 15) is 9.50 Å². The summed E-state index contributed by atoms with van der Waals surface area (Å²) in [5, 5.41) is 18.1. The number of fused-ring (bicyclic) bond motifs is 1. The zero-order valence-corrected chi connectivity index (χ0v) is 15.0. The van der Waals surface area contributed by atoms with E-state index in [1.165, 1.54) is 6.07 Å². The van der Waals surface area contributed by atoms with E-state index in [2.05, 4.69) is 16.0 Å². The summed E-state index contributed by atoms with van der Waals surface area (Å²) >= 11 is 0. The van der Waals surface area contributed by atoms with Gasteiger partial charge in [0, 0.05) is 31.7 Å². The molecule has 0 unspecified atom stereocenters. The van der Waals surface area contributed by atoms with Gasteiger partial charge in [0.15, 0.2) is 5.75 Å². The summed E-state index contributed by atoms with van der Waals surface area (Å²) in [5.74, 6) is 0.906. The number of nitrogens with zero attached hydrogens (tertiary/aromatic N) is 3. The second kappa shape index (κ2) is 7.53. The number of hydrogen-bond acceptors (Lipinski definition) is 5. The summed E-state index contributed by atoms with van der Waals surface area (Å²) in [6.07, 6.45) is 3.02. The lowest BCUT2D eigenvalue weighted by Gasteiger charge is -2.19. The summed E-state index contributed by atoms with van der Waals surface area (Å²) in [6, 6.07) is 12.5. The van der Waals surface area contributed by atoms with Gasteiger partial charge >= 0.3 is 0 Å². The van der Waals surface area contributed by atoms with Crippen LogP contribution in [0.15, 0.2) is 36.4 Å². The maximum absolute atomic E-state index is 13.3. The van der Waals surface area contributed by atoms with Crippen molar-refractivity contribution in [2.75, 3.05) is 19.6 Å². The van der Waals surface area contributed by atoms with Crippen LogP contribution in [0.5, 0.6) is 11.5 Å². The monoisotopic (exact) mass is 367 g/mol. The van der Waals surface area contributed by atoms with Crippen LogP contribution in [0.4, 0.5) is 4.39 Å². The normalized spacial score (nSPS) is 24.5. The van der Waals surface area contributed by atoms with Crippen molar-refractivity contribution in [2.45, 2.75) is 25.4 Å². The van der Waals surface area contributed by atoms with Crippen LogP contribution in [0.25, 0.3) is 0 Å². The van der Waals surface area contributed by atoms with Crippen LogP contribution in [0.2, 0.25) is 0 Å². The number of rotatable bonds is 5. The van der Waals surface area contributed by atoms with Crippen molar-refractivity contribution >= 4 is 0 Å². The third-order valence-electron chi connectivity index (χ3n) is 5.64. The van der Waals surface area contributed by atoms with E-state index < -0.39 is 11.7 Å². The molecule has 0 radical (unpaired) electrons. The Balaban J connectivity index is 1.25. The first-order valence-corrected chi connectivity index (χ1v) is 9.34. The molecule has 6 heteroatoms. The molecule has 1 aliphatic heterocycles. The summed E-state index contributed by atoms with van der Waals surface area (Å²) in [5.41, 5.74) is 1.31. The first-order chi connectivity index (χ1) is 13.1.